The quantitative estimate of drug-likeness (QED) is 0.242. The summed E-state index contributed by atoms with van der Waals surface area (Å²) in [6, 6.07) is 21.9. The number of nitrogens with one attached hydrogen (secondary N) is 1. The van der Waals surface area contributed by atoms with Crippen molar-refractivity contribution in [3.8, 4) is 33.9 Å². The van der Waals surface area contributed by atoms with Gasteiger partial charge in [-0.15, -0.1) is 11.3 Å². The number of hydrogen-bond acceptors (Lipinski definition) is 6. The number of aryl methyl sites for hydroxylation is 3. The number of nitrogens with two attached hydrogens (primary N) is 1. The summed E-state index contributed by atoms with van der Waals surface area (Å²) < 4.78 is 11.0. The number of benzene rings is 3. The van der Waals surface area contributed by atoms with Crippen molar-refractivity contribution in [2.45, 2.75) is 20.8 Å². The molecule has 1 amide bonds. The monoisotopic (exact) mass is 523 g/mol. The van der Waals surface area contributed by atoms with Gasteiger partial charge in [0.25, 0.3) is 5.91 Å². The van der Waals surface area contributed by atoms with Gasteiger partial charge in [0.2, 0.25) is 0 Å². The normalized spacial score (nSPS) is 11.0. The number of nitrogens with zero attached hydrogens (tertiary/aromatic N) is 1. The van der Waals surface area contributed by atoms with E-state index in [-0.39, 0.29) is 5.91 Å². The molecule has 192 valence electrons. The van der Waals surface area contributed by atoms with Gasteiger partial charge in [0.15, 0.2) is 11.5 Å². The first-order chi connectivity index (χ1) is 18.3. The van der Waals surface area contributed by atoms with E-state index in [2.05, 4.69) is 24.4 Å². The van der Waals surface area contributed by atoms with E-state index in [1.54, 1.807) is 14.2 Å². The van der Waals surface area contributed by atoms with Crippen molar-refractivity contribution in [1.29, 1.82) is 0 Å². The first kappa shape index (κ1) is 25.3. The Morgan fingerprint density at radius 1 is 0.842 bits per heavy atom. The fourth-order valence-corrected chi connectivity index (χ4v) is 5.54. The Balaban J connectivity index is 1.69. The van der Waals surface area contributed by atoms with E-state index in [4.69, 9.17) is 20.2 Å². The number of nitrogen functional groups attached to an aromatic ring is 1. The Labute approximate surface area is 226 Å². The number of rotatable bonds is 6. The molecule has 7 heteroatoms. The van der Waals surface area contributed by atoms with Crippen molar-refractivity contribution in [2.24, 2.45) is 0 Å². The van der Waals surface area contributed by atoms with Crippen molar-refractivity contribution in [1.82, 2.24) is 4.98 Å². The highest BCUT2D eigenvalue weighted by atomic mass is 32.1. The Morgan fingerprint density at radius 2 is 1.53 bits per heavy atom. The number of carbonyl (C=O) groups is 1. The third-order valence-electron chi connectivity index (χ3n) is 6.58. The molecular formula is C31H29N3O3S. The van der Waals surface area contributed by atoms with Gasteiger partial charge in [-0.05, 0) is 61.7 Å². The first-order valence-corrected chi connectivity index (χ1v) is 13.0. The van der Waals surface area contributed by atoms with Crippen LogP contribution >= 0.6 is 11.3 Å². The summed E-state index contributed by atoms with van der Waals surface area (Å²) >= 11 is 1.29. The molecule has 0 saturated heterocycles. The van der Waals surface area contributed by atoms with Gasteiger partial charge in [0.05, 0.1) is 25.6 Å². The molecule has 0 radical (unpaired) electrons. The SMILES string of the molecule is COc1ccc(-c2cc(-c3ccc(C)cc3)nc3sc(C(=O)Nc4ccc(C)cc4C)c(N)c23)cc1OC. The highest BCUT2D eigenvalue weighted by molar-refractivity contribution is 7.21. The summed E-state index contributed by atoms with van der Waals surface area (Å²) in [5.74, 6) is 0.980. The van der Waals surface area contributed by atoms with Gasteiger partial charge in [-0.25, -0.2) is 4.98 Å². The van der Waals surface area contributed by atoms with Gasteiger partial charge in [0.1, 0.15) is 9.71 Å². The minimum atomic E-state index is -0.257. The maximum absolute atomic E-state index is 13.4. The van der Waals surface area contributed by atoms with E-state index < -0.39 is 0 Å². The maximum atomic E-state index is 13.4. The van der Waals surface area contributed by atoms with E-state index in [0.29, 0.717) is 26.9 Å². The molecule has 0 aliphatic heterocycles. The molecule has 2 heterocycles. The molecular weight excluding hydrogens is 494 g/mol. The molecule has 0 fully saturated rings. The summed E-state index contributed by atoms with van der Waals surface area (Å²) in [5, 5.41) is 3.77. The van der Waals surface area contributed by atoms with Crippen LogP contribution in [-0.2, 0) is 0 Å². The van der Waals surface area contributed by atoms with E-state index >= 15 is 0 Å². The van der Waals surface area contributed by atoms with Crippen LogP contribution in [0.5, 0.6) is 11.5 Å². The molecule has 2 aromatic heterocycles. The number of hydrogen-bond donors (Lipinski definition) is 2. The number of fused-ring (bicyclic) bond motifs is 1. The standard InChI is InChI=1S/C31H29N3O3S/c1-17-6-9-20(10-7-17)24-16-22(21-11-13-25(36-4)26(15-21)37-5)27-28(32)29(38-31(27)34-24)30(35)33-23-12-8-18(2)14-19(23)3/h6-16H,32H2,1-5H3,(H,33,35). The van der Waals surface area contributed by atoms with Gasteiger partial charge in [0, 0.05) is 16.6 Å². The molecule has 0 aliphatic rings. The molecule has 5 rings (SSSR count). The summed E-state index contributed by atoms with van der Waals surface area (Å²) in [4.78, 5) is 19.5. The molecule has 3 N–H and O–H groups in total. The largest absolute Gasteiger partial charge is 0.493 e. The lowest BCUT2D eigenvalue weighted by molar-refractivity contribution is 0.103. The van der Waals surface area contributed by atoms with E-state index in [1.807, 2.05) is 68.4 Å². The fraction of sp³-hybridized carbons (Fsp3) is 0.161. The van der Waals surface area contributed by atoms with Gasteiger partial charge >= 0.3 is 0 Å². The van der Waals surface area contributed by atoms with E-state index in [9.17, 15) is 4.79 Å². The third-order valence-corrected chi connectivity index (χ3v) is 7.68. The van der Waals surface area contributed by atoms with Crippen molar-refractivity contribution >= 4 is 38.8 Å². The van der Waals surface area contributed by atoms with Crippen LogP contribution in [-0.4, -0.2) is 25.1 Å². The second kappa shape index (κ2) is 10.2. The Morgan fingerprint density at radius 3 is 2.21 bits per heavy atom. The molecule has 0 bridgehead atoms. The van der Waals surface area contributed by atoms with Crippen LogP contribution in [0.3, 0.4) is 0 Å². The summed E-state index contributed by atoms with van der Waals surface area (Å²) in [5.41, 5.74) is 14.7. The summed E-state index contributed by atoms with van der Waals surface area (Å²) in [7, 11) is 3.21. The molecule has 38 heavy (non-hydrogen) atoms. The lowest BCUT2D eigenvalue weighted by Crippen LogP contribution is -2.12. The highest BCUT2D eigenvalue weighted by Crippen LogP contribution is 2.43. The third kappa shape index (κ3) is 4.68. The molecule has 0 aliphatic carbocycles. The second-order valence-electron chi connectivity index (χ2n) is 9.29. The minimum Gasteiger partial charge on any atom is -0.493 e. The van der Waals surface area contributed by atoms with Crippen molar-refractivity contribution in [3.05, 3.63) is 88.3 Å². The van der Waals surface area contributed by atoms with E-state index in [0.717, 1.165) is 44.6 Å². The van der Waals surface area contributed by atoms with E-state index in [1.165, 1.54) is 16.9 Å². The highest BCUT2D eigenvalue weighted by Gasteiger charge is 2.23. The zero-order valence-corrected chi connectivity index (χ0v) is 22.8. The number of anilines is 2. The van der Waals surface area contributed by atoms with Crippen LogP contribution in [0, 0.1) is 20.8 Å². The average Bonchev–Trinajstić information content (AvgIpc) is 3.26. The zero-order chi connectivity index (χ0) is 27.0. The van der Waals surface area contributed by atoms with Crippen LogP contribution in [0.2, 0.25) is 0 Å². The van der Waals surface area contributed by atoms with Gasteiger partial charge in [-0.3, -0.25) is 4.79 Å². The molecule has 0 atom stereocenters. The van der Waals surface area contributed by atoms with Crippen LogP contribution in [0.15, 0.2) is 66.7 Å². The lowest BCUT2D eigenvalue weighted by Gasteiger charge is -2.12. The van der Waals surface area contributed by atoms with Crippen molar-refractivity contribution in [2.75, 3.05) is 25.3 Å². The van der Waals surface area contributed by atoms with Crippen molar-refractivity contribution in [3.63, 3.8) is 0 Å². The average molecular weight is 524 g/mol. The van der Waals surface area contributed by atoms with Gasteiger partial charge in [-0.1, -0.05) is 53.6 Å². The fourth-order valence-electron chi connectivity index (χ4n) is 4.53. The smallest absolute Gasteiger partial charge is 0.267 e. The van der Waals surface area contributed by atoms with Crippen LogP contribution in [0.4, 0.5) is 11.4 Å². The van der Waals surface area contributed by atoms with Crippen LogP contribution in [0.1, 0.15) is 26.4 Å². The maximum Gasteiger partial charge on any atom is 0.267 e. The van der Waals surface area contributed by atoms with Gasteiger partial charge < -0.3 is 20.5 Å². The molecule has 0 saturated carbocycles. The summed E-state index contributed by atoms with van der Waals surface area (Å²) in [6.45, 7) is 6.05. The molecule has 6 nitrogen and oxygen atoms in total. The Hall–Kier alpha value is -4.36. The van der Waals surface area contributed by atoms with Crippen LogP contribution in [0.25, 0.3) is 32.6 Å². The lowest BCUT2D eigenvalue weighted by atomic mass is 9.98. The first-order valence-electron chi connectivity index (χ1n) is 12.2. The Bertz CT molecular complexity index is 1670. The number of amides is 1. The number of ether oxygens (including phenoxy) is 2. The molecule has 5 aromatic rings. The topological polar surface area (TPSA) is 86.5 Å². The summed E-state index contributed by atoms with van der Waals surface area (Å²) in [6.07, 6.45) is 0. The molecule has 3 aromatic carbocycles. The van der Waals surface area contributed by atoms with Gasteiger partial charge in [-0.2, -0.15) is 0 Å². The predicted molar refractivity (Wildman–Crippen MR) is 157 cm³/mol. The zero-order valence-electron chi connectivity index (χ0n) is 22.0. The number of carbonyl (C=O) groups excluding carboxylic acids is 1. The number of pyridine rings is 1. The number of aromatic nitrogens is 1. The minimum absolute atomic E-state index is 0.257. The molecule has 0 spiro atoms. The second-order valence-corrected chi connectivity index (χ2v) is 10.3. The van der Waals surface area contributed by atoms with Crippen molar-refractivity contribution < 1.29 is 14.3 Å². The molecule has 0 unspecified atom stereocenters. The number of thiophene rings is 1. The predicted octanol–water partition coefficient (Wildman–Crippen LogP) is 7.41. The number of methoxy groups -OCH3 is 2. The Kier molecular flexibility index (Phi) is 6.78. The van der Waals surface area contributed by atoms with Crippen LogP contribution < -0.4 is 20.5 Å².